The van der Waals surface area contributed by atoms with E-state index in [1.807, 2.05) is 6.07 Å². The first-order valence-electron chi connectivity index (χ1n) is 8.40. The first-order valence-corrected chi connectivity index (χ1v) is 8.40. The van der Waals surface area contributed by atoms with E-state index in [0.29, 0.717) is 38.5 Å². The summed E-state index contributed by atoms with van der Waals surface area (Å²) in [6, 6.07) is 3.97. The predicted octanol–water partition coefficient (Wildman–Crippen LogP) is 2.99. The van der Waals surface area contributed by atoms with Crippen molar-refractivity contribution in [2.45, 2.75) is 31.5 Å². The summed E-state index contributed by atoms with van der Waals surface area (Å²) >= 11 is 0. The second-order valence-corrected chi connectivity index (χ2v) is 6.43. The largest absolute Gasteiger partial charge is 0.433 e. The molecule has 0 spiro atoms. The van der Waals surface area contributed by atoms with Crippen LogP contribution in [0.2, 0.25) is 0 Å². The fraction of sp³-hybridized carbons (Fsp3) is 0.647. The average molecular weight is 355 g/mol. The smallest absolute Gasteiger partial charge is 0.381 e. The Balaban J connectivity index is 1.61. The molecule has 5 nitrogen and oxygen atoms in total. The van der Waals surface area contributed by atoms with Crippen LogP contribution in [0.4, 0.5) is 19.0 Å². The maximum atomic E-state index is 12.9. The Hall–Kier alpha value is -1.85. The molecule has 25 heavy (non-hydrogen) atoms. The lowest BCUT2D eigenvalue weighted by Gasteiger charge is -2.33. The molecule has 2 saturated heterocycles. The Morgan fingerprint density at radius 2 is 2.04 bits per heavy atom. The Kier molecular flexibility index (Phi) is 5.45. The molecule has 1 aromatic heterocycles. The molecule has 0 amide bonds. The SMILES string of the molecule is N#Cc1ccc(C(F)(F)F)nc1N1CCC(OCC2CCOC2)CC1. The lowest BCUT2D eigenvalue weighted by atomic mass is 10.1. The molecule has 0 N–H and O–H groups in total. The van der Waals surface area contributed by atoms with Gasteiger partial charge in [-0.1, -0.05) is 0 Å². The number of pyridine rings is 1. The fourth-order valence-corrected chi connectivity index (χ4v) is 3.16. The second-order valence-electron chi connectivity index (χ2n) is 6.43. The van der Waals surface area contributed by atoms with Gasteiger partial charge in [-0.3, -0.25) is 0 Å². The number of nitriles is 1. The van der Waals surface area contributed by atoms with Crippen molar-refractivity contribution in [3.8, 4) is 6.07 Å². The molecule has 3 heterocycles. The Bertz CT molecular complexity index is 631. The van der Waals surface area contributed by atoms with Crippen LogP contribution in [-0.2, 0) is 15.7 Å². The molecule has 2 fully saturated rings. The molecule has 2 aliphatic heterocycles. The van der Waals surface area contributed by atoms with Gasteiger partial charge in [-0.05, 0) is 31.4 Å². The highest BCUT2D eigenvalue weighted by molar-refractivity contribution is 5.54. The number of hydrogen-bond acceptors (Lipinski definition) is 5. The Labute approximate surface area is 144 Å². The highest BCUT2D eigenvalue weighted by Gasteiger charge is 2.34. The van der Waals surface area contributed by atoms with Gasteiger partial charge >= 0.3 is 6.18 Å². The summed E-state index contributed by atoms with van der Waals surface area (Å²) < 4.78 is 49.9. The fourth-order valence-electron chi connectivity index (χ4n) is 3.16. The first-order chi connectivity index (χ1) is 12.0. The molecule has 8 heteroatoms. The van der Waals surface area contributed by atoms with E-state index < -0.39 is 11.9 Å². The van der Waals surface area contributed by atoms with Crippen molar-refractivity contribution < 1.29 is 22.6 Å². The van der Waals surface area contributed by atoms with Gasteiger partial charge in [0, 0.05) is 25.6 Å². The van der Waals surface area contributed by atoms with E-state index in [4.69, 9.17) is 14.7 Å². The van der Waals surface area contributed by atoms with Gasteiger partial charge in [0.15, 0.2) is 0 Å². The summed E-state index contributed by atoms with van der Waals surface area (Å²) in [6.07, 6.45) is -2.01. The van der Waals surface area contributed by atoms with Crippen LogP contribution in [0.1, 0.15) is 30.5 Å². The number of piperidine rings is 1. The average Bonchev–Trinajstić information content (AvgIpc) is 3.12. The number of nitrogens with zero attached hydrogens (tertiary/aromatic N) is 3. The molecular weight excluding hydrogens is 335 g/mol. The van der Waals surface area contributed by atoms with Crippen LogP contribution in [0.3, 0.4) is 0 Å². The molecule has 0 radical (unpaired) electrons. The van der Waals surface area contributed by atoms with E-state index in [9.17, 15) is 13.2 Å². The quantitative estimate of drug-likeness (QED) is 0.831. The first kappa shape index (κ1) is 18.0. The van der Waals surface area contributed by atoms with Crippen molar-refractivity contribution in [2.24, 2.45) is 5.92 Å². The summed E-state index contributed by atoms with van der Waals surface area (Å²) in [5, 5.41) is 9.17. The summed E-state index contributed by atoms with van der Waals surface area (Å²) in [6.45, 7) is 3.22. The molecular formula is C17H20F3N3O2. The van der Waals surface area contributed by atoms with Gasteiger partial charge in [0.05, 0.1) is 24.9 Å². The van der Waals surface area contributed by atoms with Crippen molar-refractivity contribution >= 4 is 5.82 Å². The third-order valence-corrected chi connectivity index (χ3v) is 4.62. The molecule has 0 saturated carbocycles. The number of ether oxygens (including phenoxy) is 2. The second kappa shape index (κ2) is 7.58. The minimum Gasteiger partial charge on any atom is -0.381 e. The maximum Gasteiger partial charge on any atom is 0.433 e. The lowest BCUT2D eigenvalue weighted by molar-refractivity contribution is -0.141. The van der Waals surface area contributed by atoms with E-state index in [1.165, 1.54) is 6.07 Å². The van der Waals surface area contributed by atoms with Crippen LogP contribution >= 0.6 is 0 Å². The van der Waals surface area contributed by atoms with E-state index in [0.717, 1.165) is 25.7 Å². The van der Waals surface area contributed by atoms with E-state index in [1.54, 1.807) is 4.90 Å². The lowest BCUT2D eigenvalue weighted by Crippen LogP contribution is -2.38. The van der Waals surface area contributed by atoms with Crippen molar-refractivity contribution in [1.82, 2.24) is 4.98 Å². The van der Waals surface area contributed by atoms with E-state index in [-0.39, 0.29) is 17.5 Å². The van der Waals surface area contributed by atoms with Gasteiger partial charge in [-0.25, -0.2) is 4.98 Å². The molecule has 1 aromatic rings. The number of alkyl halides is 3. The highest BCUT2D eigenvalue weighted by Crippen LogP contribution is 2.31. The zero-order valence-corrected chi connectivity index (χ0v) is 13.8. The number of aromatic nitrogens is 1. The van der Waals surface area contributed by atoms with Gasteiger partial charge in [0.25, 0.3) is 0 Å². The van der Waals surface area contributed by atoms with Crippen LogP contribution in [0.15, 0.2) is 12.1 Å². The molecule has 2 aliphatic rings. The zero-order valence-electron chi connectivity index (χ0n) is 13.8. The topological polar surface area (TPSA) is 58.4 Å². The van der Waals surface area contributed by atoms with Gasteiger partial charge in [-0.2, -0.15) is 18.4 Å². The molecule has 0 aromatic carbocycles. The normalized spacial score (nSPS) is 22.2. The predicted molar refractivity (Wildman–Crippen MR) is 84.1 cm³/mol. The summed E-state index contributed by atoms with van der Waals surface area (Å²) in [5.74, 6) is 0.549. The standard InChI is InChI=1S/C17H20F3N3O2/c18-17(19,20)15-2-1-13(9-21)16(22-15)23-6-3-14(4-7-23)25-11-12-5-8-24-10-12/h1-2,12,14H,3-8,10-11H2. The maximum absolute atomic E-state index is 12.9. The molecule has 0 bridgehead atoms. The van der Waals surface area contributed by atoms with Crippen LogP contribution in [0.25, 0.3) is 0 Å². The van der Waals surface area contributed by atoms with Gasteiger partial charge < -0.3 is 14.4 Å². The van der Waals surface area contributed by atoms with Gasteiger partial charge in [-0.15, -0.1) is 0 Å². The number of rotatable bonds is 4. The minimum atomic E-state index is -4.52. The van der Waals surface area contributed by atoms with Crippen LogP contribution in [0, 0.1) is 17.2 Å². The van der Waals surface area contributed by atoms with Crippen molar-refractivity contribution in [1.29, 1.82) is 5.26 Å². The summed E-state index contributed by atoms with van der Waals surface area (Å²) in [5.41, 5.74) is -0.809. The third-order valence-electron chi connectivity index (χ3n) is 4.62. The van der Waals surface area contributed by atoms with Crippen molar-refractivity contribution in [3.63, 3.8) is 0 Å². The van der Waals surface area contributed by atoms with Gasteiger partial charge in [0.1, 0.15) is 17.6 Å². The van der Waals surface area contributed by atoms with Gasteiger partial charge in [0.2, 0.25) is 0 Å². The Morgan fingerprint density at radius 3 is 2.64 bits per heavy atom. The van der Waals surface area contributed by atoms with Crippen LogP contribution in [0.5, 0.6) is 0 Å². The highest BCUT2D eigenvalue weighted by atomic mass is 19.4. The molecule has 1 atom stereocenters. The Morgan fingerprint density at radius 1 is 1.28 bits per heavy atom. The zero-order chi connectivity index (χ0) is 17.9. The van der Waals surface area contributed by atoms with E-state index in [2.05, 4.69) is 4.98 Å². The molecule has 136 valence electrons. The number of hydrogen-bond donors (Lipinski definition) is 0. The van der Waals surface area contributed by atoms with Crippen molar-refractivity contribution in [3.05, 3.63) is 23.4 Å². The number of anilines is 1. The minimum absolute atomic E-state index is 0.0909. The monoisotopic (exact) mass is 355 g/mol. The van der Waals surface area contributed by atoms with Crippen molar-refractivity contribution in [2.75, 3.05) is 37.8 Å². The third kappa shape index (κ3) is 4.41. The molecule has 1 unspecified atom stereocenters. The molecule has 0 aliphatic carbocycles. The number of halogens is 3. The van der Waals surface area contributed by atoms with E-state index >= 15 is 0 Å². The molecule has 3 rings (SSSR count). The van der Waals surface area contributed by atoms with Crippen LogP contribution < -0.4 is 4.90 Å². The summed E-state index contributed by atoms with van der Waals surface area (Å²) in [4.78, 5) is 5.44. The van der Waals surface area contributed by atoms with Crippen LogP contribution in [-0.4, -0.2) is 44.0 Å². The summed E-state index contributed by atoms with van der Waals surface area (Å²) in [7, 11) is 0.